The summed E-state index contributed by atoms with van der Waals surface area (Å²) in [5.41, 5.74) is 2.57. The molecule has 0 aliphatic rings. The molecule has 0 radical (unpaired) electrons. The normalized spacial score (nSPS) is 10.4. The zero-order valence-electron chi connectivity index (χ0n) is 8.98. The minimum atomic E-state index is 0.722. The van der Waals surface area contributed by atoms with E-state index in [1.807, 2.05) is 12.1 Å². The SMILES string of the molecule is Cc1ccc(CSc2ncccc2Cl)cc1. The highest BCUT2D eigenvalue weighted by molar-refractivity contribution is 7.98. The van der Waals surface area contributed by atoms with Gasteiger partial charge in [0.1, 0.15) is 5.03 Å². The lowest BCUT2D eigenvalue weighted by molar-refractivity contribution is 1.13. The molecule has 16 heavy (non-hydrogen) atoms. The number of aromatic nitrogens is 1. The van der Waals surface area contributed by atoms with Crippen molar-refractivity contribution in [2.24, 2.45) is 0 Å². The Labute approximate surface area is 105 Å². The van der Waals surface area contributed by atoms with Crippen LogP contribution in [-0.2, 0) is 5.75 Å². The predicted octanol–water partition coefficient (Wildman–Crippen LogP) is 4.34. The van der Waals surface area contributed by atoms with E-state index in [9.17, 15) is 0 Å². The lowest BCUT2D eigenvalue weighted by atomic mass is 10.2. The van der Waals surface area contributed by atoms with Crippen molar-refractivity contribution in [2.75, 3.05) is 0 Å². The Morgan fingerprint density at radius 3 is 2.62 bits per heavy atom. The smallest absolute Gasteiger partial charge is 0.115 e. The quantitative estimate of drug-likeness (QED) is 0.751. The fourth-order valence-electron chi connectivity index (χ4n) is 1.31. The molecule has 0 fully saturated rings. The van der Waals surface area contributed by atoms with Crippen LogP contribution in [0.25, 0.3) is 0 Å². The molecule has 0 aliphatic carbocycles. The molecule has 0 atom stereocenters. The second-order valence-corrected chi connectivity index (χ2v) is 4.94. The van der Waals surface area contributed by atoms with Crippen molar-refractivity contribution in [3.05, 3.63) is 58.7 Å². The van der Waals surface area contributed by atoms with E-state index in [2.05, 4.69) is 36.2 Å². The van der Waals surface area contributed by atoms with Crippen LogP contribution in [0.15, 0.2) is 47.6 Å². The Morgan fingerprint density at radius 1 is 1.19 bits per heavy atom. The van der Waals surface area contributed by atoms with Gasteiger partial charge in [0.05, 0.1) is 5.02 Å². The standard InChI is InChI=1S/C13H12ClNS/c1-10-4-6-11(7-5-10)9-16-13-12(14)3-2-8-15-13/h2-8H,9H2,1H3. The van der Waals surface area contributed by atoms with E-state index in [0.29, 0.717) is 0 Å². The number of rotatable bonds is 3. The third-order valence-corrected chi connectivity index (χ3v) is 3.71. The molecule has 2 rings (SSSR count). The maximum atomic E-state index is 6.03. The topological polar surface area (TPSA) is 12.9 Å². The number of pyridine rings is 1. The van der Waals surface area contributed by atoms with Crippen LogP contribution in [0.1, 0.15) is 11.1 Å². The van der Waals surface area contributed by atoms with Gasteiger partial charge in [-0.2, -0.15) is 0 Å². The van der Waals surface area contributed by atoms with Gasteiger partial charge < -0.3 is 0 Å². The summed E-state index contributed by atoms with van der Waals surface area (Å²) in [7, 11) is 0. The summed E-state index contributed by atoms with van der Waals surface area (Å²) in [5, 5.41) is 1.62. The first-order valence-electron chi connectivity index (χ1n) is 5.04. The molecule has 3 heteroatoms. The molecule has 0 amide bonds. The molecule has 1 heterocycles. The van der Waals surface area contributed by atoms with E-state index in [1.165, 1.54) is 11.1 Å². The van der Waals surface area contributed by atoms with Gasteiger partial charge in [-0.25, -0.2) is 4.98 Å². The number of thioether (sulfide) groups is 1. The summed E-state index contributed by atoms with van der Waals surface area (Å²) in [4.78, 5) is 4.24. The molecular weight excluding hydrogens is 238 g/mol. The van der Waals surface area contributed by atoms with Crippen molar-refractivity contribution < 1.29 is 0 Å². The van der Waals surface area contributed by atoms with Gasteiger partial charge in [0.25, 0.3) is 0 Å². The van der Waals surface area contributed by atoms with Gasteiger partial charge in [0.2, 0.25) is 0 Å². The van der Waals surface area contributed by atoms with Gasteiger partial charge in [0, 0.05) is 11.9 Å². The summed E-state index contributed by atoms with van der Waals surface area (Å²) in [6.07, 6.45) is 1.77. The molecule has 0 N–H and O–H groups in total. The lowest BCUT2D eigenvalue weighted by Gasteiger charge is -2.03. The first kappa shape index (κ1) is 11.5. The predicted molar refractivity (Wildman–Crippen MR) is 70.0 cm³/mol. The van der Waals surface area contributed by atoms with E-state index >= 15 is 0 Å². The first-order valence-corrected chi connectivity index (χ1v) is 6.41. The van der Waals surface area contributed by atoms with Crippen LogP contribution in [-0.4, -0.2) is 4.98 Å². The largest absolute Gasteiger partial charge is 0.248 e. The minimum Gasteiger partial charge on any atom is -0.248 e. The summed E-state index contributed by atoms with van der Waals surface area (Å²) < 4.78 is 0. The number of halogens is 1. The highest BCUT2D eigenvalue weighted by Crippen LogP contribution is 2.27. The molecule has 0 saturated heterocycles. The number of benzene rings is 1. The van der Waals surface area contributed by atoms with E-state index in [4.69, 9.17) is 11.6 Å². The van der Waals surface area contributed by atoms with E-state index in [1.54, 1.807) is 18.0 Å². The summed E-state index contributed by atoms with van der Waals surface area (Å²) >= 11 is 7.70. The molecule has 0 saturated carbocycles. The number of hydrogen-bond donors (Lipinski definition) is 0. The van der Waals surface area contributed by atoms with E-state index < -0.39 is 0 Å². The number of nitrogens with zero attached hydrogens (tertiary/aromatic N) is 1. The second-order valence-electron chi connectivity index (χ2n) is 3.56. The summed E-state index contributed by atoms with van der Waals surface area (Å²) in [5.74, 6) is 0.900. The third-order valence-electron chi connectivity index (χ3n) is 2.22. The Balaban J connectivity index is 2.02. The minimum absolute atomic E-state index is 0.722. The van der Waals surface area contributed by atoms with Crippen molar-refractivity contribution in [1.29, 1.82) is 0 Å². The van der Waals surface area contributed by atoms with Crippen LogP contribution in [0, 0.1) is 6.92 Å². The van der Waals surface area contributed by atoms with E-state index in [0.717, 1.165) is 15.8 Å². The van der Waals surface area contributed by atoms with Crippen molar-refractivity contribution >= 4 is 23.4 Å². The molecular formula is C13H12ClNS. The fraction of sp³-hybridized carbons (Fsp3) is 0.154. The molecule has 0 bridgehead atoms. The van der Waals surface area contributed by atoms with Crippen LogP contribution in [0.4, 0.5) is 0 Å². The Kier molecular flexibility index (Phi) is 3.86. The average molecular weight is 250 g/mol. The van der Waals surface area contributed by atoms with Gasteiger partial charge in [-0.1, -0.05) is 41.4 Å². The molecule has 1 aromatic carbocycles. The summed E-state index contributed by atoms with van der Waals surface area (Å²) in [6.45, 7) is 2.09. The molecule has 1 aromatic heterocycles. The van der Waals surface area contributed by atoms with Crippen LogP contribution in [0.5, 0.6) is 0 Å². The van der Waals surface area contributed by atoms with Crippen LogP contribution in [0.2, 0.25) is 5.02 Å². The highest BCUT2D eigenvalue weighted by atomic mass is 35.5. The Morgan fingerprint density at radius 2 is 1.94 bits per heavy atom. The molecule has 0 aliphatic heterocycles. The van der Waals surface area contributed by atoms with Crippen LogP contribution in [0.3, 0.4) is 0 Å². The summed E-state index contributed by atoms with van der Waals surface area (Å²) in [6, 6.07) is 12.2. The van der Waals surface area contributed by atoms with Crippen molar-refractivity contribution in [1.82, 2.24) is 4.98 Å². The van der Waals surface area contributed by atoms with Gasteiger partial charge in [-0.15, -0.1) is 11.8 Å². The maximum absolute atomic E-state index is 6.03. The van der Waals surface area contributed by atoms with Gasteiger partial charge in [0.15, 0.2) is 0 Å². The van der Waals surface area contributed by atoms with Crippen molar-refractivity contribution in [3.63, 3.8) is 0 Å². The Hall–Kier alpha value is -0.990. The molecule has 2 aromatic rings. The average Bonchev–Trinajstić information content (AvgIpc) is 2.30. The van der Waals surface area contributed by atoms with Gasteiger partial charge in [-0.05, 0) is 24.6 Å². The maximum Gasteiger partial charge on any atom is 0.115 e. The molecule has 0 unspecified atom stereocenters. The highest BCUT2D eigenvalue weighted by Gasteiger charge is 2.01. The van der Waals surface area contributed by atoms with Crippen molar-refractivity contribution in [2.45, 2.75) is 17.7 Å². The molecule has 1 nitrogen and oxygen atoms in total. The Bertz CT molecular complexity index is 468. The molecule has 82 valence electrons. The van der Waals surface area contributed by atoms with Crippen molar-refractivity contribution in [3.8, 4) is 0 Å². The zero-order chi connectivity index (χ0) is 11.4. The third kappa shape index (κ3) is 3.00. The van der Waals surface area contributed by atoms with Crippen LogP contribution < -0.4 is 0 Å². The monoisotopic (exact) mass is 249 g/mol. The molecule has 0 spiro atoms. The fourth-order valence-corrected chi connectivity index (χ4v) is 2.44. The lowest BCUT2D eigenvalue weighted by Crippen LogP contribution is -1.84. The number of hydrogen-bond acceptors (Lipinski definition) is 2. The number of aryl methyl sites for hydroxylation is 1. The zero-order valence-corrected chi connectivity index (χ0v) is 10.6. The van der Waals surface area contributed by atoms with Crippen LogP contribution >= 0.6 is 23.4 Å². The second kappa shape index (κ2) is 5.37. The van der Waals surface area contributed by atoms with Gasteiger partial charge >= 0.3 is 0 Å². The van der Waals surface area contributed by atoms with Gasteiger partial charge in [-0.3, -0.25) is 0 Å². The first-order chi connectivity index (χ1) is 7.75. The van der Waals surface area contributed by atoms with E-state index in [-0.39, 0.29) is 0 Å².